The van der Waals surface area contributed by atoms with Crippen LogP contribution in [-0.2, 0) is 4.74 Å². The molecule has 1 fully saturated rings. The fraction of sp³-hybridized carbons (Fsp3) is 0.294. The summed E-state index contributed by atoms with van der Waals surface area (Å²) in [6.45, 7) is 0.931. The van der Waals surface area contributed by atoms with E-state index >= 15 is 0 Å². The molecule has 1 aliphatic heterocycles. The van der Waals surface area contributed by atoms with E-state index in [1.54, 1.807) is 0 Å². The fourth-order valence-electron chi connectivity index (χ4n) is 3.02. The predicted octanol–water partition coefficient (Wildman–Crippen LogP) is 3.18. The number of fused-ring (bicyclic) bond motifs is 3. The minimum Gasteiger partial charge on any atom is -0.382 e. The Kier molecular flexibility index (Phi) is 3.09. The highest BCUT2D eigenvalue weighted by Gasteiger charge is 2.17. The summed E-state index contributed by atoms with van der Waals surface area (Å²) in [5.41, 5.74) is 2.94. The van der Waals surface area contributed by atoms with Crippen LogP contribution in [0.25, 0.3) is 21.8 Å². The Morgan fingerprint density at radius 1 is 1.00 bits per heavy atom. The van der Waals surface area contributed by atoms with E-state index in [0.717, 1.165) is 16.1 Å². The van der Waals surface area contributed by atoms with E-state index in [2.05, 4.69) is 47.4 Å². The molecule has 1 N–H and O–H groups in total. The number of ether oxygens (including phenoxy) is 1. The molecule has 2 heterocycles. The summed E-state index contributed by atoms with van der Waals surface area (Å²) in [6, 6.07) is 15.2. The first-order valence-corrected chi connectivity index (χ1v) is 8.37. The van der Waals surface area contributed by atoms with Gasteiger partial charge >= 0.3 is 0 Å². The highest BCUT2D eigenvalue weighted by atomic mass is 28.2. The third-order valence-electron chi connectivity index (χ3n) is 4.04. The molecule has 0 amide bonds. The molecule has 1 unspecified atom stereocenters. The van der Waals surface area contributed by atoms with Crippen molar-refractivity contribution in [1.29, 1.82) is 0 Å². The summed E-state index contributed by atoms with van der Waals surface area (Å²) in [6.07, 6.45) is 3.73. The zero-order valence-electron chi connectivity index (χ0n) is 11.4. The summed E-state index contributed by atoms with van der Waals surface area (Å²) in [5.74, 6) is 0. The molecule has 1 saturated heterocycles. The number of hydrogen-bond acceptors (Lipinski definition) is 1. The minimum absolute atomic E-state index is 0.417. The molecule has 1 atom stereocenters. The zero-order valence-corrected chi connectivity index (χ0v) is 12.4. The van der Waals surface area contributed by atoms with Crippen molar-refractivity contribution in [3.8, 4) is 0 Å². The van der Waals surface area contributed by atoms with Crippen molar-refractivity contribution in [3.05, 3.63) is 42.5 Å². The number of rotatable bonds is 2. The quantitative estimate of drug-likeness (QED) is 0.716. The van der Waals surface area contributed by atoms with Gasteiger partial charge < -0.3 is 9.72 Å². The average Bonchev–Trinajstić information content (AvgIpc) is 2.88. The standard InChI is InChI=1S/C17H17NOSi/c1-2-8-14-12(6-1)13-7-5-9-15(17(13)18-14)20-16-10-3-4-11-19-16/h1-2,5-9,16,18H,3-4,10-11H2. The van der Waals surface area contributed by atoms with Gasteiger partial charge in [0.15, 0.2) is 0 Å². The molecule has 0 bridgehead atoms. The van der Waals surface area contributed by atoms with Crippen LogP contribution in [0.2, 0.25) is 0 Å². The van der Waals surface area contributed by atoms with E-state index in [0.29, 0.717) is 5.73 Å². The van der Waals surface area contributed by atoms with Gasteiger partial charge in [-0.05, 0) is 30.5 Å². The summed E-state index contributed by atoms with van der Waals surface area (Å²) in [7, 11) is 0.739. The summed E-state index contributed by atoms with van der Waals surface area (Å²) in [4.78, 5) is 3.59. The second kappa shape index (κ2) is 5.07. The molecule has 0 aliphatic carbocycles. The SMILES string of the molecule is c1ccc2c(c1)[nH]c1c([Si]C3CCCCO3)cccc12. The molecule has 2 aromatic carbocycles. The van der Waals surface area contributed by atoms with Crippen molar-refractivity contribution in [2.45, 2.75) is 25.0 Å². The van der Waals surface area contributed by atoms with Crippen LogP contribution in [-0.4, -0.2) is 26.8 Å². The molecule has 20 heavy (non-hydrogen) atoms. The Morgan fingerprint density at radius 3 is 2.80 bits per heavy atom. The molecular formula is C17H17NOSi. The van der Waals surface area contributed by atoms with E-state index in [4.69, 9.17) is 4.74 Å². The lowest BCUT2D eigenvalue weighted by molar-refractivity contribution is 0.0660. The number of nitrogens with one attached hydrogen (secondary N) is 1. The van der Waals surface area contributed by atoms with E-state index in [9.17, 15) is 0 Å². The van der Waals surface area contributed by atoms with Crippen LogP contribution in [0.3, 0.4) is 0 Å². The number of hydrogen-bond donors (Lipinski definition) is 1. The molecule has 3 heteroatoms. The third kappa shape index (κ3) is 2.07. The van der Waals surface area contributed by atoms with Gasteiger partial charge in [-0.3, -0.25) is 0 Å². The Morgan fingerprint density at radius 2 is 1.90 bits per heavy atom. The minimum atomic E-state index is 0.417. The second-order valence-electron chi connectivity index (χ2n) is 5.40. The first-order valence-electron chi connectivity index (χ1n) is 7.29. The van der Waals surface area contributed by atoms with Crippen molar-refractivity contribution in [2.24, 2.45) is 0 Å². The topological polar surface area (TPSA) is 25.0 Å². The smallest absolute Gasteiger partial charge is 0.122 e. The molecule has 0 spiro atoms. The van der Waals surface area contributed by atoms with Gasteiger partial charge in [0.25, 0.3) is 0 Å². The molecule has 4 rings (SSSR count). The van der Waals surface area contributed by atoms with Crippen LogP contribution in [0.5, 0.6) is 0 Å². The average molecular weight is 279 g/mol. The van der Waals surface area contributed by atoms with E-state index < -0.39 is 0 Å². The summed E-state index contributed by atoms with van der Waals surface area (Å²) >= 11 is 0. The van der Waals surface area contributed by atoms with Crippen LogP contribution >= 0.6 is 0 Å². The number of aromatic amines is 1. The van der Waals surface area contributed by atoms with Crippen molar-refractivity contribution in [1.82, 2.24) is 4.98 Å². The van der Waals surface area contributed by atoms with Gasteiger partial charge in [-0.1, -0.05) is 36.4 Å². The summed E-state index contributed by atoms with van der Waals surface area (Å²) in [5, 5.41) is 4.06. The molecule has 3 aromatic rings. The molecule has 1 aliphatic rings. The Bertz CT molecular complexity index is 743. The lowest BCUT2D eigenvalue weighted by Gasteiger charge is -2.22. The Balaban J connectivity index is 1.78. The van der Waals surface area contributed by atoms with Gasteiger partial charge in [0, 0.05) is 34.1 Å². The fourth-order valence-corrected chi connectivity index (χ4v) is 4.45. The monoisotopic (exact) mass is 279 g/mol. The van der Waals surface area contributed by atoms with Gasteiger partial charge in [0.05, 0.1) is 0 Å². The maximum atomic E-state index is 5.90. The zero-order chi connectivity index (χ0) is 13.4. The number of aromatic nitrogens is 1. The maximum absolute atomic E-state index is 5.90. The van der Waals surface area contributed by atoms with Crippen LogP contribution < -0.4 is 5.19 Å². The summed E-state index contributed by atoms with van der Waals surface area (Å²) < 4.78 is 5.90. The molecule has 1 aromatic heterocycles. The molecule has 100 valence electrons. The second-order valence-corrected chi connectivity index (χ2v) is 6.87. The van der Waals surface area contributed by atoms with Crippen LogP contribution in [0, 0.1) is 0 Å². The van der Waals surface area contributed by atoms with Crippen molar-refractivity contribution < 1.29 is 4.74 Å². The van der Waals surface area contributed by atoms with Gasteiger partial charge in [-0.2, -0.15) is 0 Å². The molecular weight excluding hydrogens is 262 g/mol. The first-order chi connectivity index (χ1) is 9.92. The molecule has 2 nitrogen and oxygen atoms in total. The van der Waals surface area contributed by atoms with E-state index in [-0.39, 0.29) is 0 Å². The maximum Gasteiger partial charge on any atom is 0.122 e. The number of H-pyrrole nitrogens is 1. The van der Waals surface area contributed by atoms with E-state index in [1.165, 1.54) is 46.3 Å². The Labute approximate surface area is 121 Å². The van der Waals surface area contributed by atoms with Gasteiger partial charge in [-0.15, -0.1) is 0 Å². The molecule has 0 saturated carbocycles. The van der Waals surface area contributed by atoms with Crippen molar-refractivity contribution >= 4 is 36.5 Å². The normalized spacial score (nSPS) is 19.7. The van der Waals surface area contributed by atoms with Gasteiger partial charge in [0.1, 0.15) is 9.52 Å². The largest absolute Gasteiger partial charge is 0.382 e. The number of benzene rings is 2. The molecule has 2 radical (unpaired) electrons. The van der Waals surface area contributed by atoms with E-state index in [1.807, 2.05) is 0 Å². The van der Waals surface area contributed by atoms with Crippen LogP contribution in [0.15, 0.2) is 42.5 Å². The predicted molar refractivity (Wildman–Crippen MR) is 84.8 cm³/mol. The van der Waals surface area contributed by atoms with Crippen LogP contribution in [0.4, 0.5) is 0 Å². The highest BCUT2D eigenvalue weighted by Crippen LogP contribution is 2.24. The van der Waals surface area contributed by atoms with Gasteiger partial charge in [-0.25, -0.2) is 0 Å². The van der Waals surface area contributed by atoms with Crippen LogP contribution in [0.1, 0.15) is 19.3 Å². The van der Waals surface area contributed by atoms with Crippen molar-refractivity contribution in [3.63, 3.8) is 0 Å². The first kappa shape index (κ1) is 12.2. The number of para-hydroxylation sites is 2. The van der Waals surface area contributed by atoms with Gasteiger partial charge in [0.2, 0.25) is 0 Å². The highest BCUT2D eigenvalue weighted by molar-refractivity contribution is 6.58. The third-order valence-corrected chi connectivity index (χ3v) is 5.54. The lowest BCUT2D eigenvalue weighted by Crippen LogP contribution is -2.33. The lowest BCUT2D eigenvalue weighted by atomic mass is 10.1. The Hall–Kier alpha value is -1.58. The van der Waals surface area contributed by atoms with Crippen molar-refractivity contribution in [2.75, 3.05) is 6.61 Å².